The second-order valence-electron chi connectivity index (χ2n) is 4.92. The molecular weight excluding hydrogens is 308 g/mol. The van der Waals surface area contributed by atoms with Crippen LogP contribution in [-0.2, 0) is 11.3 Å². The smallest absolute Gasteiger partial charge is 0.358 e. The van der Waals surface area contributed by atoms with E-state index in [-0.39, 0.29) is 6.61 Å². The zero-order valence-electron chi connectivity index (χ0n) is 12.5. The molecule has 0 aliphatic heterocycles. The van der Waals surface area contributed by atoms with Crippen LogP contribution in [0.4, 0.5) is 5.13 Å². The Morgan fingerprint density at radius 2 is 2.09 bits per heavy atom. The molecule has 0 saturated carbocycles. The molecule has 0 atom stereocenters. The molecule has 1 N–H and O–H groups in total. The maximum absolute atomic E-state index is 12.1. The van der Waals surface area contributed by atoms with Gasteiger partial charge in [-0.3, -0.25) is 0 Å². The van der Waals surface area contributed by atoms with Crippen LogP contribution in [0.1, 0.15) is 16.1 Å². The monoisotopic (exact) mass is 324 g/mol. The van der Waals surface area contributed by atoms with Crippen molar-refractivity contribution in [3.63, 3.8) is 0 Å². The second-order valence-corrected chi connectivity index (χ2v) is 5.78. The third-order valence-corrected chi connectivity index (χ3v) is 4.15. The minimum Gasteiger partial charge on any atom is -0.456 e. The van der Waals surface area contributed by atoms with Crippen LogP contribution in [0.25, 0.3) is 10.8 Å². The summed E-state index contributed by atoms with van der Waals surface area (Å²) in [5, 5.41) is 7.65. The molecule has 0 bridgehead atoms. The second kappa shape index (κ2) is 7.07. The number of anilines is 1. The summed E-state index contributed by atoms with van der Waals surface area (Å²) in [5.41, 5.74) is 1.30. The van der Waals surface area contributed by atoms with Crippen molar-refractivity contribution in [2.24, 2.45) is 0 Å². The number of hydrogen-bond acceptors (Lipinski definition) is 5. The van der Waals surface area contributed by atoms with E-state index >= 15 is 0 Å². The number of ether oxygens (including phenoxy) is 1. The Balaban J connectivity index is 1.68. The minimum atomic E-state index is -0.416. The largest absolute Gasteiger partial charge is 0.456 e. The number of fused-ring (bicyclic) bond motifs is 1. The van der Waals surface area contributed by atoms with Gasteiger partial charge in [-0.15, -0.1) is 17.9 Å². The number of rotatable bonds is 6. The number of benzene rings is 2. The first-order valence-corrected chi connectivity index (χ1v) is 8.10. The fourth-order valence-corrected chi connectivity index (χ4v) is 2.93. The number of hydrogen-bond donors (Lipinski definition) is 1. The number of thiazole rings is 1. The molecule has 0 fully saturated rings. The minimum absolute atomic E-state index is 0.229. The first kappa shape index (κ1) is 15.2. The molecule has 0 saturated heterocycles. The van der Waals surface area contributed by atoms with E-state index in [1.54, 1.807) is 11.5 Å². The molecule has 4 nitrogen and oxygen atoms in total. The van der Waals surface area contributed by atoms with Crippen molar-refractivity contribution in [1.29, 1.82) is 0 Å². The van der Waals surface area contributed by atoms with Crippen molar-refractivity contribution in [2.45, 2.75) is 6.61 Å². The molecule has 23 heavy (non-hydrogen) atoms. The van der Waals surface area contributed by atoms with E-state index in [0.29, 0.717) is 17.4 Å². The maximum Gasteiger partial charge on any atom is 0.358 e. The van der Waals surface area contributed by atoms with Crippen LogP contribution in [-0.4, -0.2) is 17.5 Å². The van der Waals surface area contributed by atoms with Gasteiger partial charge in [0, 0.05) is 11.9 Å². The van der Waals surface area contributed by atoms with E-state index < -0.39 is 5.97 Å². The van der Waals surface area contributed by atoms with E-state index in [2.05, 4.69) is 16.9 Å². The first-order chi connectivity index (χ1) is 11.3. The highest BCUT2D eigenvalue weighted by molar-refractivity contribution is 7.13. The number of esters is 1. The Morgan fingerprint density at radius 1 is 1.26 bits per heavy atom. The lowest BCUT2D eigenvalue weighted by atomic mass is 10.1. The van der Waals surface area contributed by atoms with E-state index in [1.807, 2.05) is 42.5 Å². The Kier molecular flexibility index (Phi) is 4.68. The summed E-state index contributed by atoms with van der Waals surface area (Å²) in [6, 6.07) is 14.0. The summed E-state index contributed by atoms with van der Waals surface area (Å²) in [5.74, 6) is -0.416. The first-order valence-electron chi connectivity index (χ1n) is 7.22. The van der Waals surface area contributed by atoms with Gasteiger partial charge in [0.25, 0.3) is 0 Å². The predicted molar refractivity (Wildman–Crippen MR) is 93.9 cm³/mol. The van der Waals surface area contributed by atoms with Gasteiger partial charge in [0.2, 0.25) is 0 Å². The highest BCUT2D eigenvalue weighted by Crippen LogP contribution is 2.20. The summed E-state index contributed by atoms with van der Waals surface area (Å²) in [4.78, 5) is 16.3. The van der Waals surface area contributed by atoms with Crippen LogP contribution in [0.15, 0.2) is 60.5 Å². The van der Waals surface area contributed by atoms with Crippen LogP contribution in [0.2, 0.25) is 0 Å². The highest BCUT2D eigenvalue weighted by Gasteiger charge is 2.12. The number of aromatic nitrogens is 1. The van der Waals surface area contributed by atoms with Crippen LogP contribution < -0.4 is 5.32 Å². The average Bonchev–Trinajstić information content (AvgIpc) is 3.07. The van der Waals surface area contributed by atoms with Gasteiger partial charge < -0.3 is 10.1 Å². The van der Waals surface area contributed by atoms with Crippen molar-refractivity contribution < 1.29 is 9.53 Å². The summed E-state index contributed by atoms with van der Waals surface area (Å²) in [6.45, 7) is 4.47. The molecule has 0 amide bonds. The molecule has 0 aliphatic rings. The van der Waals surface area contributed by atoms with Crippen molar-refractivity contribution in [3.05, 3.63) is 71.8 Å². The Hall–Kier alpha value is -2.66. The Bertz CT molecular complexity index is 836. The molecule has 1 aromatic heterocycles. The topological polar surface area (TPSA) is 51.2 Å². The number of carbonyl (C=O) groups excluding carboxylic acids is 1. The van der Waals surface area contributed by atoms with Gasteiger partial charge in [-0.25, -0.2) is 9.78 Å². The highest BCUT2D eigenvalue weighted by atomic mass is 32.1. The maximum atomic E-state index is 12.1. The fraction of sp³-hybridized carbons (Fsp3) is 0.111. The lowest BCUT2D eigenvalue weighted by molar-refractivity contribution is 0.0468. The Labute approximate surface area is 138 Å². The van der Waals surface area contributed by atoms with Crippen molar-refractivity contribution in [2.75, 3.05) is 11.9 Å². The summed E-state index contributed by atoms with van der Waals surface area (Å²) in [6.07, 6.45) is 1.74. The molecule has 116 valence electrons. The molecule has 3 rings (SSSR count). The lowest BCUT2D eigenvalue weighted by Crippen LogP contribution is -2.06. The lowest BCUT2D eigenvalue weighted by Gasteiger charge is -2.07. The molecule has 0 aliphatic carbocycles. The zero-order valence-corrected chi connectivity index (χ0v) is 13.3. The summed E-state index contributed by atoms with van der Waals surface area (Å²) < 4.78 is 5.40. The van der Waals surface area contributed by atoms with Gasteiger partial charge >= 0.3 is 5.97 Å². The molecule has 5 heteroatoms. The Morgan fingerprint density at radius 3 is 2.96 bits per heavy atom. The van der Waals surface area contributed by atoms with Crippen molar-refractivity contribution >= 4 is 33.2 Å². The SMILES string of the molecule is C=CCNc1nc(C(=O)OCc2cccc3ccccc23)cs1. The standard InChI is InChI=1S/C18H16N2O2S/c1-2-10-19-18-20-16(12-23-18)17(21)22-11-14-8-5-7-13-6-3-4-9-15(13)14/h2-9,12H,1,10-11H2,(H,19,20). The van der Waals surface area contributed by atoms with Crippen LogP contribution >= 0.6 is 11.3 Å². The normalized spacial score (nSPS) is 10.4. The third-order valence-electron chi connectivity index (χ3n) is 3.35. The number of nitrogens with zero attached hydrogens (tertiary/aromatic N) is 1. The molecule has 0 spiro atoms. The van der Waals surface area contributed by atoms with E-state index in [9.17, 15) is 4.79 Å². The van der Waals surface area contributed by atoms with Crippen LogP contribution in [0.3, 0.4) is 0 Å². The molecule has 0 radical (unpaired) electrons. The predicted octanol–water partition coefficient (Wildman–Crippen LogP) is 4.25. The van der Waals surface area contributed by atoms with Gasteiger partial charge in [0.1, 0.15) is 6.61 Å². The summed E-state index contributed by atoms with van der Waals surface area (Å²) >= 11 is 1.37. The fourth-order valence-electron chi connectivity index (χ4n) is 2.24. The quantitative estimate of drug-likeness (QED) is 0.544. The molecule has 0 unspecified atom stereocenters. The number of carbonyl (C=O) groups is 1. The summed E-state index contributed by atoms with van der Waals surface area (Å²) in [7, 11) is 0. The van der Waals surface area contributed by atoms with Crippen LogP contribution in [0.5, 0.6) is 0 Å². The van der Waals surface area contributed by atoms with E-state index in [1.165, 1.54) is 11.3 Å². The number of nitrogens with one attached hydrogen (secondary N) is 1. The van der Waals surface area contributed by atoms with Crippen molar-refractivity contribution in [1.82, 2.24) is 4.98 Å². The zero-order chi connectivity index (χ0) is 16.1. The average molecular weight is 324 g/mol. The van der Waals surface area contributed by atoms with Crippen molar-refractivity contribution in [3.8, 4) is 0 Å². The molecule has 2 aromatic carbocycles. The van der Waals surface area contributed by atoms with Gasteiger partial charge in [0.15, 0.2) is 10.8 Å². The van der Waals surface area contributed by atoms with Gasteiger partial charge in [-0.1, -0.05) is 48.5 Å². The van der Waals surface area contributed by atoms with Gasteiger partial charge in [-0.2, -0.15) is 0 Å². The molecule has 3 aromatic rings. The molecule has 1 heterocycles. The molecular formula is C18H16N2O2S. The van der Waals surface area contributed by atoms with E-state index in [0.717, 1.165) is 16.3 Å². The van der Waals surface area contributed by atoms with Gasteiger partial charge in [-0.05, 0) is 16.3 Å². The van der Waals surface area contributed by atoms with Crippen LogP contribution in [0, 0.1) is 0 Å². The third kappa shape index (κ3) is 3.57. The van der Waals surface area contributed by atoms with Gasteiger partial charge in [0.05, 0.1) is 0 Å². The van der Waals surface area contributed by atoms with E-state index in [4.69, 9.17) is 4.74 Å².